The fourth-order valence-electron chi connectivity index (χ4n) is 3.44. The topological polar surface area (TPSA) is 49.0 Å². The average Bonchev–Trinajstić information content (AvgIpc) is 3.10. The molecule has 4 rings (SSSR count). The quantitative estimate of drug-likeness (QED) is 0.786. The van der Waals surface area contributed by atoms with Gasteiger partial charge < -0.3 is 9.88 Å². The van der Waals surface area contributed by atoms with Crippen molar-refractivity contribution in [3.05, 3.63) is 89.0 Å². The van der Waals surface area contributed by atoms with E-state index in [4.69, 9.17) is 0 Å². The number of hydrogen-bond donors (Lipinski definition) is 1. The number of carbonyl (C=O) groups excluding carboxylic acids is 1. The second-order valence-corrected chi connectivity index (χ2v) is 6.14. The molecule has 0 bridgehead atoms. The molecule has 1 aliphatic heterocycles. The Kier molecular flexibility index (Phi) is 3.65. The summed E-state index contributed by atoms with van der Waals surface area (Å²) in [6.45, 7) is 2.66. The van der Waals surface area contributed by atoms with Gasteiger partial charge in [0.25, 0.3) is 5.91 Å². The molecule has 2 aromatic carbocycles. The fraction of sp³-hybridized carbons (Fsp3) is 0.200. The van der Waals surface area contributed by atoms with Gasteiger partial charge in [-0.3, -0.25) is 4.79 Å². The number of H-pyrrole nitrogens is 1. The van der Waals surface area contributed by atoms with E-state index in [-0.39, 0.29) is 11.9 Å². The maximum atomic E-state index is 13.2. The number of imidazole rings is 1. The number of carbonyl (C=O) groups is 1. The molecule has 0 radical (unpaired) electrons. The van der Waals surface area contributed by atoms with Gasteiger partial charge in [0.15, 0.2) is 0 Å². The molecule has 1 aromatic heterocycles. The van der Waals surface area contributed by atoms with Crippen LogP contribution in [0.4, 0.5) is 0 Å². The van der Waals surface area contributed by atoms with Gasteiger partial charge in [-0.25, -0.2) is 4.98 Å². The van der Waals surface area contributed by atoms with E-state index in [1.54, 1.807) is 6.33 Å². The van der Waals surface area contributed by atoms with Gasteiger partial charge in [-0.2, -0.15) is 0 Å². The van der Waals surface area contributed by atoms with Gasteiger partial charge in [0, 0.05) is 24.2 Å². The third-order valence-corrected chi connectivity index (χ3v) is 4.68. The van der Waals surface area contributed by atoms with E-state index in [2.05, 4.69) is 22.1 Å². The summed E-state index contributed by atoms with van der Waals surface area (Å²) in [4.78, 5) is 22.9. The first kappa shape index (κ1) is 14.7. The average molecular weight is 317 g/mol. The van der Waals surface area contributed by atoms with Crippen LogP contribution in [0.15, 0.2) is 60.9 Å². The monoisotopic (exact) mass is 317 g/mol. The number of aromatic amines is 1. The summed E-state index contributed by atoms with van der Waals surface area (Å²) in [5, 5.41) is 0. The third-order valence-electron chi connectivity index (χ3n) is 4.68. The number of aromatic nitrogens is 2. The molecule has 120 valence electrons. The molecule has 1 unspecified atom stereocenters. The van der Waals surface area contributed by atoms with Crippen LogP contribution in [0.1, 0.15) is 38.9 Å². The molecule has 0 saturated heterocycles. The predicted octanol–water partition coefficient (Wildman–Crippen LogP) is 3.51. The maximum Gasteiger partial charge on any atom is 0.254 e. The number of benzene rings is 2. The van der Waals surface area contributed by atoms with Crippen LogP contribution in [-0.2, 0) is 6.42 Å². The van der Waals surface area contributed by atoms with Crippen molar-refractivity contribution in [2.75, 3.05) is 6.54 Å². The second-order valence-electron chi connectivity index (χ2n) is 6.14. The Morgan fingerprint density at radius 3 is 2.67 bits per heavy atom. The number of hydrogen-bond acceptors (Lipinski definition) is 2. The van der Waals surface area contributed by atoms with Gasteiger partial charge >= 0.3 is 0 Å². The van der Waals surface area contributed by atoms with Crippen molar-refractivity contribution in [3.8, 4) is 0 Å². The Hall–Kier alpha value is -2.88. The Balaban J connectivity index is 1.80. The van der Waals surface area contributed by atoms with E-state index >= 15 is 0 Å². The van der Waals surface area contributed by atoms with E-state index in [9.17, 15) is 4.79 Å². The first-order valence-electron chi connectivity index (χ1n) is 8.19. The molecule has 1 atom stereocenters. The van der Waals surface area contributed by atoms with Crippen LogP contribution in [0.3, 0.4) is 0 Å². The predicted molar refractivity (Wildman–Crippen MR) is 92.8 cm³/mol. The minimum Gasteiger partial charge on any atom is -0.348 e. The highest BCUT2D eigenvalue weighted by atomic mass is 16.2. The van der Waals surface area contributed by atoms with Crippen LogP contribution in [0.25, 0.3) is 0 Å². The van der Waals surface area contributed by atoms with E-state index in [0.717, 1.165) is 34.5 Å². The highest BCUT2D eigenvalue weighted by molar-refractivity contribution is 5.96. The van der Waals surface area contributed by atoms with Crippen LogP contribution in [0, 0.1) is 6.92 Å². The molecule has 3 aromatic rings. The molecule has 0 spiro atoms. The first-order chi connectivity index (χ1) is 11.8. The number of aryl methyl sites for hydroxylation is 1. The van der Waals surface area contributed by atoms with Crippen molar-refractivity contribution < 1.29 is 4.79 Å². The molecular formula is C20H19N3O. The Labute approximate surface area is 141 Å². The van der Waals surface area contributed by atoms with Crippen molar-refractivity contribution in [2.24, 2.45) is 0 Å². The van der Waals surface area contributed by atoms with Gasteiger partial charge in [-0.05, 0) is 24.1 Å². The first-order valence-corrected chi connectivity index (χ1v) is 8.19. The van der Waals surface area contributed by atoms with Crippen LogP contribution in [0.5, 0.6) is 0 Å². The number of fused-ring (bicyclic) bond motifs is 1. The normalized spacial score (nSPS) is 16.7. The minimum absolute atomic E-state index is 0.0654. The maximum absolute atomic E-state index is 13.2. The zero-order valence-electron chi connectivity index (χ0n) is 13.6. The van der Waals surface area contributed by atoms with Gasteiger partial charge in [0.2, 0.25) is 0 Å². The van der Waals surface area contributed by atoms with Crippen LogP contribution < -0.4 is 0 Å². The summed E-state index contributed by atoms with van der Waals surface area (Å²) in [6.07, 6.45) is 2.53. The number of amides is 1. The molecule has 0 saturated carbocycles. The second kappa shape index (κ2) is 5.96. The Bertz CT molecular complexity index is 869. The molecule has 4 heteroatoms. The lowest BCUT2D eigenvalue weighted by atomic mass is 9.94. The summed E-state index contributed by atoms with van der Waals surface area (Å²) in [7, 11) is 0. The number of nitrogens with zero attached hydrogens (tertiary/aromatic N) is 2. The molecule has 24 heavy (non-hydrogen) atoms. The molecular weight excluding hydrogens is 298 g/mol. The largest absolute Gasteiger partial charge is 0.348 e. The van der Waals surface area contributed by atoms with E-state index in [1.165, 1.54) is 0 Å². The standard InChI is InChI=1S/C20H19N3O/c1-14-7-5-6-10-16(14)20(24)23-12-11-17-18(22-13-21-17)19(23)15-8-3-2-4-9-15/h2-10,13,19H,11-12H2,1H3,(H,21,22). The van der Waals surface area contributed by atoms with E-state index < -0.39 is 0 Å². The highest BCUT2D eigenvalue weighted by Crippen LogP contribution is 2.34. The molecule has 1 amide bonds. The van der Waals surface area contributed by atoms with Crippen molar-refractivity contribution >= 4 is 5.91 Å². The number of nitrogens with one attached hydrogen (secondary N) is 1. The van der Waals surface area contributed by atoms with E-state index in [1.807, 2.05) is 54.3 Å². The molecule has 4 nitrogen and oxygen atoms in total. The summed E-state index contributed by atoms with van der Waals surface area (Å²) in [6, 6.07) is 17.7. The fourth-order valence-corrected chi connectivity index (χ4v) is 3.44. The van der Waals surface area contributed by atoms with Crippen LogP contribution in [0.2, 0.25) is 0 Å². The van der Waals surface area contributed by atoms with Gasteiger partial charge in [-0.1, -0.05) is 48.5 Å². The molecule has 0 aliphatic carbocycles. The lowest BCUT2D eigenvalue weighted by Crippen LogP contribution is -2.41. The Morgan fingerprint density at radius 2 is 1.88 bits per heavy atom. The summed E-state index contributed by atoms with van der Waals surface area (Å²) < 4.78 is 0. The zero-order valence-corrected chi connectivity index (χ0v) is 13.6. The van der Waals surface area contributed by atoms with Crippen molar-refractivity contribution in [1.82, 2.24) is 14.9 Å². The summed E-state index contributed by atoms with van der Waals surface area (Å²) in [5.74, 6) is 0.0654. The lowest BCUT2D eigenvalue weighted by molar-refractivity contribution is 0.0690. The molecule has 1 aliphatic rings. The van der Waals surface area contributed by atoms with Crippen molar-refractivity contribution in [2.45, 2.75) is 19.4 Å². The zero-order chi connectivity index (χ0) is 16.5. The molecule has 2 heterocycles. The summed E-state index contributed by atoms with van der Waals surface area (Å²) in [5.41, 5.74) is 4.93. The van der Waals surface area contributed by atoms with Crippen molar-refractivity contribution in [3.63, 3.8) is 0 Å². The SMILES string of the molecule is Cc1ccccc1C(=O)N1CCc2[nH]cnc2C1c1ccccc1. The Morgan fingerprint density at radius 1 is 1.12 bits per heavy atom. The van der Waals surface area contributed by atoms with Crippen LogP contribution in [-0.4, -0.2) is 27.3 Å². The van der Waals surface area contributed by atoms with Crippen molar-refractivity contribution in [1.29, 1.82) is 0 Å². The minimum atomic E-state index is -0.145. The third kappa shape index (κ3) is 2.40. The van der Waals surface area contributed by atoms with Gasteiger partial charge in [0.1, 0.15) is 6.04 Å². The van der Waals surface area contributed by atoms with Gasteiger partial charge in [-0.15, -0.1) is 0 Å². The lowest BCUT2D eigenvalue weighted by Gasteiger charge is -2.35. The molecule has 1 N–H and O–H groups in total. The summed E-state index contributed by atoms with van der Waals surface area (Å²) >= 11 is 0. The number of rotatable bonds is 2. The highest BCUT2D eigenvalue weighted by Gasteiger charge is 2.34. The van der Waals surface area contributed by atoms with Crippen LogP contribution >= 0.6 is 0 Å². The smallest absolute Gasteiger partial charge is 0.254 e. The van der Waals surface area contributed by atoms with E-state index in [0.29, 0.717) is 6.54 Å². The van der Waals surface area contributed by atoms with Gasteiger partial charge in [0.05, 0.1) is 12.0 Å². The molecule has 0 fully saturated rings.